The molecule has 1 aliphatic carbocycles. The van der Waals surface area contributed by atoms with Gasteiger partial charge in [0.25, 0.3) is 5.91 Å². The maximum atomic E-state index is 12.3. The Morgan fingerprint density at radius 1 is 1.48 bits per heavy atom. The van der Waals surface area contributed by atoms with Crippen LogP contribution < -0.4 is 11.1 Å². The van der Waals surface area contributed by atoms with Crippen LogP contribution >= 0.6 is 0 Å². The second-order valence-corrected chi connectivity index (χ2v) is 5.95. The van der Waals surface area contributed by atoms with Crippen LogP contribution in [0.25, 0.3) is 0 Å². The van der Waals surface area contributed by atoms with Crippen LogP contribution in [0, 0.1) is 5.41 Å². The molecule has 0 bridgehead atoms. The number of aromatic nitrogens is 1. The van der Waals surface area contributed by atoms with Gasteiger partial charge in [-0.2, -0.15) is 0 Å². The zero-order valence-electron chi connectivity index (χ0n) is 12.9. The van der Waals surface area contributed by atoms with E-state index in [1.165, 1.54) is 0 Å². The smallest absolute Gasteiger partial charge is 0.251 e. The molecule has 1 heterocycles. The molecule has 5 nitrogen and oxygen atoms in total. The molecule has 3 N–H and O–H groups in total. The van der Waals surface area contributed by atoms with Gasteiger partial charge in [0.15, 0.2) is 0 Å². The van der Waals surface area contributed by atoms with Gasteiger partial charge in [-0.05, 0) is 43.2 Å². The van der Waals surface area contributed by atoms with Gasteiger partial charge in [0.2, 0.25) is 0 Å². The summed E-state index contributed by atoms with van der Waals surface area (Å²) >= 11 is 0. The first-order valence-electron chi connectivity index (χ1n) is 7.62. The molecule has 1 saturated carbocycles. The molecule has 0 radical (unpaired) electrons. The first-order valence-corrected chi connectivity index (χ1v) is 7.62. The summed E-state index contributed by atoms with van der Waals surface area (Å²) in [7, 11) is 1.71. The Kier molecular flexibility index (Phi) is 5.17. The van der Waals surface area contributed by atoms with E-state index >= 15 is 0 Å². The van der Waals surface area contributed by atoms with Crippen molar-refractivity contribution in [2.75, 3.05) is 26.0 Å². The van der Waals surface area contributed by atoms with E-state index < -0.39 is 0 Å². The van der Waals surface area contributed by atoms with Crippen LogP contribution in [0.1, 0.15) is 48.7 Å². The van der Waals surface area contributed by atoms with Gasteiger partial charge in [0.1, 0.15) is 5.82 Å². The first-order chi connectivity index (χ1) is 10.1. The van der Waals surface area contributed by atoms with Gasteiger partial charge >= 0.3 is 0 Å². The van der Waals surface area contributed by atoms with E-state index in [2.05, 4.69) is 17.2 Å². The van der Waals surface area contributed by atoms with Crippen LogP contribution in [0.5, 0.6) is 0 Å². The van der Waals surface area contributed by atoms with Crippen molar-refractivity contribution in [1.29, 1.82) is 0 Å². The summed E-state index contributed by atoms with van der Waals surface area (Å²) in [5.41, 5.74) is 7.51. The lowest BCUT2D eigenvalue weighted by Crippen LogP contribution is -2.31. The van der Waals surface area contributed by atoms with Crippen LogP contribution in [-0.4, -0.2) is 31.2 Å². The number of ether oxygens (including phenoxy) is 1. The minimum atomic E-state index is -0.0647. The number of amides is 1. The van der Waals surface area contributed by atoms with Crippen LogP contribution in [0.15, 0.2) is 12.1 Å². The lowest BCUT2D eigenvalue weighted by Gasteiger charge is -2.15. The molecule has 116 valence electrons. The van der Waals surface area contributed by atoms with Crippen molar-refractivity contribution in [2.45, 2.75) is 39.0 Å². The zero-order valence-corrected chi connectivity index (χ0v) is 12.9. The Morgan fingerprint density at radius 3 is 2.86 bits per heavy atom. The molecule has 21 heavy (non-hydrogen) atoms. The van der Waals surface area contributed by atoms with Crippen molar-refractivity contribution in [3.63, 3.8) is 0 Å². The Morgan fingerprint density at radius 2 is 2.24 bits per heavy atom. The second kappa shape index (κ2) is 6.89. The Hall–Kier alpha value is -1.62. The molecule has 1 aromatic rings. The van der Waals surface area contributed by atoms with Crippen molar-refractivity contribution in [2.24, 2.45) is 5.41 Å². The van der Waals surface area contributed by atoms with E-state index in [9.17, 15) is 4.79 Å². The second-order valence-electron chi connectivity index (χ2n) is 5.95. The SMILES string of the molecule is CCCc1cc(C(=O)NCC2(CCOC)CC2)cc(N)n1. The summed E-state index contributed by atoms with van der Waals surface area (Å²) in [6, 6.07) is 3.48. The molecule has 5 heteroatoms. The topological polar surface area (TPSA) is 77.2 Å². The summed E-state index contributed by atoms with van der Waals surface area (Å²) in [5, 5.41) is 3.03. The molecule has 1 aromatic heterocycles. The summed E-state index contributed by atoms with van der Waals surface area (Å²) in [6.45, 7) is 3.54. The third kappa shape index (κ3) is 4.43. The van der Waals surface area contributed by atoms with Crippen LogP contribution in [0.4, 0.5) is 5.82 Å². The Balaban J connectivity index is 1.94. The Labute approximate surface area is 126 Å². The number of aryl methyl sites for hydroxylation is 1. The van der Waals surface area contributed by atoms with Gasteiger partial charge in [-0.1, -0.05) is 13.3 Å². The highest BCUT2D eigenvalue weighted by Crippen LogP contribution is 2.48. The molecule has 0 aromatic carbocycles. The van der Waals surface area contributed by atoms with Gasteiger partial charge < -0.3 is 15.8 Å². The number of anilines is 1. The predicted molar refractivity (Wildman–Crippen MR) is 83.1 cm³/mol. The standard InChI is InChI=1S/C16H25N3O2/c1-3-4-13-9-12(10-14(17)19-13)15(20)18-11-16(5-6-16)7-8-21-2/h9-10H,3-8,11H2,1-2H3,(H2,17,19)(H,18,20). The molecule has 2 rings (SSSR count). The lowest BCUT2D eigenvalue weighted by atomic mass is 10.0. The number of rotatable bonds is 8. The molecular weight excluding hydrogens is 266 g/mol. The van der Waals surface area contributed by atoms with Gasteiger partial charge in [-0.25, -0.2) is 4.98 Å². The average molecular weight is 291 g/mol. The highest BCUT2D eigenvalue weighted by Gasteiger charge is 2.42. The number of hydrogen-bond donors (Lipinski definition) is 2. The molecule has 0 aliphatic heterocycles. The molecule has 1 amide bonds. The van der Waals surface area contributed by atoms with Gasteiger partial charge in [0, 0.05) is 31.5 Å². The highest BCUT2D eigenvalue weighted by atomic mass is 16.5. The van der Waals surface area contributed by atoms with Crippen molar-refractivity contribution < 1.29 is 9.53 Å². The van der Waals surface area contributed by atoms with E-state index in [4.69, 9.17) is 10.5 Å². The van der Waals surface area contributed by atoms with E-state index in [1.54, 1.807) is 13.2 Å². The number of nitrogens with one attached hydrogen (secondary N) is 1. The highest BCUT2D eigenvalue weighted by molar-refractivity contribution is 5.94. The van der Waals surface area contributed by atoms with E-state index in [1.807, 2.05) is 6.07 Å². The fourth-order valence-corrected chi connectivity index (χ4v) is 2.51. The molecule has 1 fully saturated rings. The maximum Gasteiger partial charge on any atom is 0.251 e. The van der Waals surface area contributed by atoms with Crippen LogP contribution in [0.3, 0.4) is 0 Å². The number of nitrogen functional groups attached to an aromatic ring is 1. The fourth-order valence-electron chi connectivity index (χ4n) is 2.51. The number of methoxy groups -OCH3 is 1. The third-order valence-electron chi connectivity index (χ3n) is 4.08. The minimum absolute atomic E-state index is 0.0647. The first kappa shape index (κ1) is 15.8. The lowest BCUT2D eigenvalue weighted by molar-refractivity contribution is 0.0937. The van der Waals surface area contributed by atoms with Crippen molar-refractivity contribution in [3.8, 4) is 0 Å². The monoisotopic (exact) mass is 291 g/mol. The number of nitrogens with two attached hydrogens (primary N) is 1. The van der Waals surface area contributed by atoms with Crippen LogP contribution in [-0.2, 0) is 11.2 Å². The van der Waals surface area contributed by atoms with E-state index in [-0.39, 0.29) is 11.3 Å². The molecular formula is C16H25N3O2. The summed E-state index contributed by atoms with van der Waals surface area (Å²) in [6.07, 6.45) is 5.15. The Bertz CT molecular complexity index is 498. The molecule has 0 saturated heterocycles. The minimum Gasteiger partial charge on any atom is -0.385 e. The summed E-state index contributed by atoms with van der Waals surface area (Å²) in [4.78, 5) is 16.5. The van der Waals surface area contributed by atoms with Crippen molar-refractivity contribution >= 4 is 11.7 Å². The van der Waals surface area contributed by atoms with Gasteiger partial charge in [-0.3, -0.25) is 4.79 Å². The fraction of sp³-hybridized carbons (Fsp3) is 0.625. The quantitative estimate of drug-likeness (QED) is 0.769. The summed E-state index contributed by atoms with van der Waals surface area (Å²) < 4.78 is 5.13. The maximum absolute atomic E-state index is 12.3. The van der Waals surface area contributed by atoms with E-state index in [0.717, 1.165) is 44.4 Å². The number of carbonyl (C=O) groups is 1. The zero-order chi connectivity index (χ0) is 15.3. The van der Waals surface area contributed by atoms with E-state index in [0.29, 0.717) is 17.9 Å². The number of carbonyl (C=O) groups excluding carboxylic acids is 1. The van der Waals surface area contributed by atoms with Gasteiger partial charge in [-0.15, -0.1) is 0 Å². The largest absolute Gasteiger partial charge is 0.385 e. The number of pyridine rings is 1. The summed E-state index contributed by atoms with van der Waals surface area (Å²) in [5.74, 6) is 0.344. The van der Waals surface area contributed by atoms with Crippen molar-refractivity contribution in [1.82, 2.24) is 10.3 Å². The number of nitrogens with zero attached hydrogens (tertiary/aromatic N) is 1. The molecule has 0 spiro atoms. The predicted octanol–water partition coefficient (Wildman–Crippen LogP) is 2.16. The van der Waals surface area contributed by atoms with Crippen molar-refractivity contribution in [3.05, 3.63) is 23.4 Å². The number of hydrogen-bond acceptors (Lipinski definition) is 4. The normalized spacial score (nSPS) is 15.7. The molecule has 1 aliphatic rings. The average Bonchev–Trinajstić information content (AvgIpc) is 3.23. The van der Waals surface area contributed by atoms with Crippen LogP contribution in [0.2, 0.25) is 0 Å². The molecule has 0 atom stereocenters. The molecule has 0 unspecified atom stereocenters. The van der Waals surface area contributed by atoms with Gasteiger partial charge in [0.05, 0.1) is 0 Å². The third-order valence-corrected chi connectivity index (χ3v) is 4.08.